The Hall–Kier alpha value is 0.716. The fourth-order valence-electron chi connectivity index (χ4n) is 1.90. The zero-order valence-electron chi connectivity index (χ0n) is 14.0. The third-order valence-corrected chi connectivity index (χ3v) is 3.07. The van der Waals surface area contributed by atoms with Crippen molar-refractivity contribution in [2.75, 3.05) is 20.0 Å². The molecule has 21 heavy (non-hydrogen) atoms. The number of halogens is 1. The van der Waals surface area contributed by atoms with E-state index in [4.69, 9.17) is 9.47 Å². The number of hydrogen-bond acceptors (Lipinski definition) is 2. The zero-order chi connectivity index (χ0) is 14.0. The summed E-state index contributed by atoms with van der Waals surface area (Å²) in [5, 5.41) is 0. The van der Waals surface area contributed by atoms with Gasteiger partial charge in [0, 0.05) is 6.61 Å². The van der Waals surface area contributed by atoms with E-state index in [0.717, 1.165) is 26.1 Å². The summed E-state index contributed by atoms with van der Waals surface area (Å²) in [5.74, 6) is 0. The largest absolute Gasteiger partial charge is 2.00 e. The summed E-state index contributed by atoms with van der Waals surface area (Å²) in [7, 11) is 0. The van der Waals surface area contributed by atoms with Crippen LogP contribution in [0.4, 0.5) is 0 Å². The standard InChI is InChI=1S/C17H33O2.ClH.Mg/c1-3-5-7-9-10-11-12-14-16-19-17-18-15-13-8-6-4-2;;/h6,8H,2-5,7,9-17H2,1H3;1H;/q-1;;+2/p-1/b8-6-;;. The van der Waals surface area contributed by atoms with E-state index in [-0.39, 0.29) is 35.5 Å². The minimum absolute atomic E-state index is 0. The van der Waals surface area contributed by atoms with E-state index in [1.165, 1.54) is 51.4 Å². The SMILES string of the molecule is [CH2-]C/C=C\CCOCOCCCCCCCCCC.[Cl-].[Mg+2]. The second-order valence-corrected chi connectivity index (χ2v) is 4.96. The quantitative estimate of drug-likeness (QED) is 0.150. The molecule has 0 aliphatic rings. The van der Waals surface area contributed by atoms with E-state index >= 15 is 0 Å². The first-order valence-electron chi connectivity index (χ1n) is 8.01. The molecule has 0 spiro atoms. The molecule has 0 aliphatic heterocycles. The van der Waals surface area contributed by atoms with Crippen LogP contribution in [0, 0.1) is 6.92 Å². The van der Waals surface area contributed by atoms with Crippen molar-refractivity contribution in [2.45, 2.75) is 71.1 Å². The van der Waals surface area contributed by atoms with Gasteiger partial charge in [-0.2, -0.15) is 6.42 Å². The molecule has 0 aromatic heterocycles. The Kier molecular flexibility index (Phi) is 32.5. The van der Waals surface area contributed by atoms with Crippen molar-refractivity contribution in [3.63, 3.8) is 0 Å². The van der Waals surface area contributed by atoms with Crippen LogP contribution < -0.4 is 12.4 Å². The van der Waals surface area contributed by atoms with Gasteiger partial charge in [-0.15, -0.1) is 6.08 Å². The third-order valence-electron chi connectivity index (χ3n) is 3.07. The van der Waals surface area contributed by atoms with Gasteiger partial charge in [0.05, 0.1) is 6.61 Å². The molecule has 0 unspecified atom stereocenters. The van der Waals surface area contributed by atoms with Gasteiger partial charge >= 0.3 is 23.1 Å². The predicted octanol–water partition coefficient (Wildman–Crippen LogP) is 1.91. The van der Waals surface area contributed by atoms with Crippen LogP contribution in [0.2, 0.25) is 0 Å². The number of hydrogen-bond donors (Lipinski definition) is 0. The van der Waals surface area contributed by atoms with Crippen LogP contribution in [-0.4, -0.2) is 43.1 Å². The molecule has 0 N–H and O–H groups in total. The van der Waals surface area contributed by atoms with E-state index in [0.29, 0.717) is 6.79 Å². The van der Waals surface area contributed by atoms with E-state index in [1.54, 1.807) is 0 Å². The van der Waals surface area contributed by atoms with Crippen LogP contribution >= 0.6 is 0 Å². The van der Waals surface area contributed by atoms with Crippen molar-refractivity contribution in [2.24, 2.45) is 0 Å². The molecule has 0 fully saturated rings. The fraction of sp³-hybridized carbons (Fsp3) is 0.824. The topological polar surface area (TPSA) is 18.5 Å². The van der Waals surface area contributed by atoms with Crippen LogP contribution in [0.25, 0.3) is 0 Å². The molecule has 0 bridgehead atoms. The molecule has 0 rings (SSSR count). The van der Waals surface area contributed by atoms with Crippen LogP contribution in [0.15, 0.2) is 12.2 Å². The summed E-state index contributed by atoms with van der Waals surface area (Å²) in [6.07, 6.45) is 16.7. The molecule has 0 saturated carbocycles. The third kappa shape index (κ3) is 26.0. The molecule has 0 heterocycles. The molecule has 0 atom stereocenters. The molecule has 0 aromatic carbocycles. The van der Waals surface area contributed by atoms with Crippen molar-refractivity contribution in [1.29, 1.82) is 0 Å². The van der Waals surface area contributed by atoms with Crippen LogP contribution in [0.5, 0.6) is 0 Å². The van der Waals surface area contributed by atoms with Gasteiger partial charge in [0.1, 0.15) is 6.79 Å². The summed E-state index contributed by atoms with van der Waals surface area (Å²) in [5.41, 5.74) is 0. The van der Waals surface area contributed by atoms with Crippen molar-refractivity contribution < 1.29 is 21.9 Å². The van der Waals surface area contributed by atoms with E-state index in [1.807, 2.05) is 0 Å². The van der Waals surface area contributed by atoms with Gasteiger partial charge in [-0.25, -0.2) is 0 Å². The predicted molar refractivity (Wildman–Crippen MR) is 88.9 cm³/mol. The number of rotatable bonds is 15. The maximum atomic E-state index is 5.43. The smallest absolute Gasteiger partial charge is 1.00 e. The summed E-state index contributed by atoms with van der Waals surface area (Å²) >= 11 is 0. The molecule has 0 aromatic rings. The number of allylic oxidation sites excluding steroid dienone is 1. The Labute approximate surface area is 155 Å². The van der Waals surface area contributed by atoms with Crippen LogP contribution in [0.1, 0.15) is 71.1 Å². The van der Waals surface area contributed by atoms with E-state index in [2.05, 4.69) is 26.0 Å². The molecular weight excluding hydrogens is 296 g/mol. The Bertz CT molecular complexity index is 190. The van der Waals surface area contributed by atoms with Crippen molar-refractivity contribution in [3.8, 4) is 0 Å². The van der Waals surface area contributed by atoms with E-state index < -0.39 is 0 Å². The average molecular weight is 329 g/mol. The Morgan fingerprint density at radius 3 is 2.00 bits per heavy atom. The minimum atomic E-state index is 0. The maximum absolute atomic E-state index is 5.43. The van der Waals surface area contributed by atoms with Gasteiger partial charge in [0.15, 0.2) is 0 Å². The van der Waals surface area contributed by atoms with Gasteiger partial charge in [-0.05, 0) is 12.8 Å². The molecule has 122 valence electrons. The monoisotopic (exact) mass is 328 g/mol. The van der Waals surface area contributed by atoms with Gasteiger partial charge in [-0.1, -0.05) is 57.9 Å². The number of unbranched alkanes of at least 4 members (excludes halogenated alkanes) is 7. The van der Waals surface area contributed by atoms with Crippen LogP contribution in [-0.2, 0) is 9.47 Å². The van der Waals surface area contributed by atoms with Gasteiger partial charge < -0.3 is 28.8 Å². The van der Waals surface area contributed by atoms with Crippen LogP contribution in [0.3, 0.4) is 0 Å². The number of ether oxygens (including phenoxy) is 2. The summed E-state index contributed by atoms with van der Waals surface area (Å²) in [6.45, 7) is 8.02. The molecule has 4 heteroatoms. The first-order valence-corrected chi connectivity index (χ1v) is 8.01. The summed E-state index contributed by atoms with van der Waals surface area (Å²) < 4.78 is 10.8. The average Bonchev–Trinajstić information content (AvgIpc) is 2.43. The minimum Gasteiger partial charge on any atom is -1.00 e. The normalized spacial score (nSPS) is 10.4. The molecular formula is C17H33ClMgO2. The van der Waals surface area contributed by atoms with Crippen molar-refractivity contribution >= 4 is 23.1 Å². The Balaban J connectivity index is -0.00000162. The molecule has 0 aliphatic carbocycles. The Morgan fingerprint density at radius 1 is 0.810 bits per heavy atom. The first-order chi connectivity index (χ1) is 9.41. The van der Waals surface area contributed by atoms with Gasteiger partial charge in [0.25, 0.3) is 0 Å². The molecule has 2 nitrogen and oxygen atoms in total. The summed E-state index contributed by atoms with van der Waals surface area (Å²) in [4.78, 5) is 0. The second-order valence-electron chi connectivity index (χ2n) is 4.96. The molecule has 0 radical (unpaired) electrons. The van der Waals surface area contributed by atoms with Gasteiger partial charge in [0.2, 0.25) is 0 Å². The maximum Gasteiger partial charge on any atom is 2.00 e. The zero-order valence-corrected chi connectivity index (χ0v) is 16.1. The van der Waals surface area contributed by atoms with Gasteiger partial charge in [-0.3, -0.25) is 0 Å². The summed E-state index contributed by atoms with van der Waals surface area (Å²) in [6, 6.07) is 0. The fourth-order valence-corrected chi connectivity index (χ4v) is 1.90. The van der Waals surface area contributed by atoms with E-state index in [9.17, 15) is 0 Å². The first kappa shape index (κ1) is 26.6. The molecule has 0 saturated heterocycles. The van der Waals surface area contributed by atoms with Crippen molar-refractivity contribution in [1.82, 2.24) is 0 Å². The Morgan fingerprint density at radius 2 is 1.38 bits per heavy atom. The second kappa shape index (κ2) is 25.7. The van der Waals surface area contributed by atoms with Crippen molar-refractivity contribution in [3.05, 3.63) is 19.1 Å². The molecule has 0 amide bonds.